The van der Waals surface area contributed by atoms with Gasteiger partial charge in [0.1, 0.15) is 0 Å². The molecule has 0 bridgehead atoms. The van der Waals surface area contributed by atoms with E-state index in [1.165, 1.54) is 0 Å². The van der Waals surface area contributed by atoms with Crippen molar-refractivity contribution in [2.24, 2.45) is 5.41 Å². The van der Waals surface area contributed by atoms with Crippen molar-refractivity contribution in [3.8, 4) is 0 Å². The van der Waals surface area contributed by atoms with Crippen molar-refractivity contribution in [3.63, 3.8) is 0 Å². The first-order valence-corrected chi connectivity index (χ1v) is 6.82. The van der Waals surface area contributed by atoms with E-state index in [9.17, 15) is 18.0 Å². The number of aliphatic carboxylic acids is 1. The van der Waals surface area contributed by atoms with Gasteiger partial charge in [-0.3, -0.25) is 4.79 Å². The molecule has 0 aromatic carbocycles. The summed E-state index contributed by atoms with van der Waals surface area (Å²) in [5.74, 6) is -0.820. The number of halogens is 3. The molecule has 6 heteroatoms. The topological polar surface area (TPSA) is 49.3 Å². The van der Waals surface area contributed by atoms with E-state index < -0.39 is 18.6 Å². The molecule has 0 aromatic heterocycles. The van der Waals surface area contributed by atoms with Crippen LogP contribution in [0.3, 0.4) is 0 Å². The Balaban J connectivity index is 2.31. The Bertz CT molecular complexity index is 286. The molecule has 0 aromatic rings. The van der Waals surface area contributed by atoms with Crippen LogP contribution in [0.4, 0.5) is 13.2 Å². The second kappa shape index (κ2) is 7.12. The van der Waals surface area contributed by atoms with Gasteiger partial charge in [0.05, 0.1) is 6.42 Å². The van der Waals surface area contributed by atoms with Gasteiger partial charge in [0, 0.05) is 13.0 Å². The van der Waals surface area contributed by atoms with Crippen LogP contribution in [0.5, 0.6) is 0 Å². The van der Waals surface area contributed by atoms with Gasteiger partial charge in [-0.1, -0.05) is 19.3 Å². The molecule has 1 aliphatic carbocycles. The maximum atomic E-state index is 12.0. The highest BCUT2D eigenvalue weighted by Crippen LogP contribution is 2.38. The molecule has 0 amide bonds. The van der Waals surface area contributed by atoms with Crippen LogP contribution < -0.4 is 5.32 Å². The lowest BCUT2D eigenvalue weighted by molar-refractivity contribution is -0.140. The number of alkyl halides is 3. The van der Waals surface area contributed by atoms with Gasteiger partial charge in [-0.2, -0.15) is 13.2 Å². The van der Waals surface area contributed by atoms with E-state index in [1.54, 1.807) is 0 Å². The van der Waals surface area contributed by atoms with Crippen molar-refractivity contribution in [1.82, 2.24) is 5.32 Å². The number of carbonyl (C=O) groups is 1. The molecule has 1 fully saturated rings. The fourth-order valence-corrected chi connectivity index (χ4v) is 2.81. The Kier molecular flexibility index (Phi) is 6.10. The number of carboxylic acids is 1. The Morgan fingerprint density at radius 2 is 1.84 bits per heavy atom. The molecule has 0 saturated heterocycles. The first kappa shape index (κ1) is 16.3. The predicted molar refractivity (Wildman–Crippen MR) is 65.9 cm³/mol. The van der Waals surface area contributed by atoms with Crippen molar-refractivity contribution in [2.45, 2.75) is 57.5 Å². The van der Waals surface area contributed by atoms with Gasteiger partial charge in [-0.15, -0.1) is 0 Å². The third kappa shape index (κ3) is 6.80. The largest absolute Gasteiger partial charge is 0.481 e. The SMILES string of the molecule is O=C(O)CC1(CNCCCC(F)(F)F)CCCCC1. The molecule has 0 radical (unpaired) electrons. The molecule has 0 unspecified atom stereocenters. The van der Waals surface area contributed by atoms with Crippen LogP contribution in [0.15, 0.2) is 0 Å². The normalized spacial score (nSPS) is 19.3. The molecule has 19 heavy (non-hydrogen) atoms. The van der Waals surface area contributed by atoms with E-state index in [-0.39, 0.29) is 18.3 Å². The number of carboxylic acid groups (broad SMARTS) is 1. The summed E-state index contributed by atoms with van der Waals surface area (Å²) < 4.78 is 35.9. The monoisotopic (exact) mass is 281 g/mol. The number of rotatable bonds is 7. The molecule has 0 atom stereocenters. The molecule has 0 spiro atoms. The van der Waals surface area contributed by atoms with E-state index in [1.807, 2.05) is 0 Å². The first-order chi connectivity index (χ1) is 8.83. The summed E-state index contributed by atoms with van der Waals surface area (Å²) in [6.45, 7) is 0.804. The third-order valence-electron chi connectivity index (χ3n) is 3.75. The Morgan fingerprint density at radius 1 is 1.21 bits per heavy atom. The summed E-state index contributed by atoms with van der Waals surface area (Å²) in [5.41, 5.74) is -0.262. The lowest BCUT2D eigenvalue weighted by Gasteiger charge is -2.36. The van der Waals surface area contributed by atoms with Gasteiger partial charge in [0.15, 0.2) is 0 Å². The van der Waals surface area contributed by atoms with Crippen LogP contribution in [0.1, 0.15) is 51.4 Å². The van der Waals surface area contributed by atoms with E-state index in [0.29, 0.717) is 13.1 Å². The van der Waals surface area contributed by atoms with Crippen LogP contribution in [-0.2, 0) is 4.79 Å². The summed E-state index contributed by atoms with van der Waals surface area (Å²) >= 11 is 0. The van der Waals surface area contributed by atoms with E-state index in [2.05, 4.69) is 5.32 Å². The molecule has 0 heterocycles. The molecule has 112 valence electrons. The number of hydrogen-bond acceptors (Lipinski definition) is 2. The van der Waals surface area contributed by atoms with Gasteiger partial charge in [-0.05, 0) is 31.2 Å². The predicted octanol–water partition coefficient (Wildman–Crippen LogP) is 3.34. The second-order valence-corrected chi connectivity index (χ2v) is 5.53. The molecule has 1 saturated carbocycles. The highest BCUT2D eigenvalue weighted by Gasteiger charge is 2.34. The summed E-state index contributed by atoms with van der Waals surface area (Å²) in [6, 6.07) is 0. The molecule has 2 N–H and O–H groups in total. The van der Waals surface area contributed by atoms with Gasteiger partial charge >= 0.3 is 12.1 Å². The van der Waals surface area contributed by atoms with Gasteiger partial charge in [0.2, 0.25) is 0 Å². The first-order valence-electron chi connectivity index (χ1n) is 6.82. The molecule has 0 aliphatic heterocycles. The van der Waals surface area contributed by atoms with Crippen LogP contribution in [-0.4, -0.2) is 30.3 Å². The highest BCUT2D eigenvalue weighted by molar-refractivity contribution is 5.67. The van der Waals surface area contributed by atoms with E-state index in [0.717, 1.165) is 32.1 Å². The van der Waals surface area contributed by atoms with Crippen LogP contribution in [0, 0.1) is 5.41 Å². The second-order valence-electron chi connectivity index (χ2n) is 5.53. The van der Waals surface area contributed by atoms with Crippen LogP contribution >= 0.6 is 0 Å². The molecule has 1 aliphatic rings. The van der Waals surface area contributed by atoms with Crippen LogP contribution in [0.2, 0.25) is 0 Å². The lowest BCUT2D eigenvalue weighted by Crippen LogP contribution is -2.38. The van der Waals surface area contributed by atoms with Crippen molar-refractivity contribution >= 4 is 5.97 Å². The smallest absolute Gasteiger partial charge is 0.389 e. The van der Waals surface area contributed by atoms with Gasteiger partial charge in [-0.25, -0.2) is 0 Å². The average molecular weight is 281 g/mol. The molecule has 3 nitrogen and oxygen atoms in total. The summed E-state index contributed by atoms with van der Waals surface area (Å²) in [6.07, 6.45) is 0.116. The maximum Gasteiger partial charge on any atom is 0.389 e. The molecular formula is C13H22F3NO2. The zero-order chi connectivity index (χ0) is 14.4. The summed E-state index contributed by atoms with van der Waals surface area (Å²) in [4.78, 5) is 10.9. The highest BCUT2D eigenvalue weighted by atomic mass is 19.4. The molecular weight excluding hydrogens is 259 g/mol. The van der Waals surface area contributed by atoms with Gasteiger partial charge < -0.3 is 10.4 Å². The fraction of sp³-hybridized carbons (Fsp3) is 0.923. The summed E-state index contributed by atoms with van der Waals surface area (Å²) in [5, 5.41) is 12.0. The standard InChI is InChI=1S/C13H22F3NO2/c14-13(15,16)7-4-8-17-10-12(9-11(18)19)5-2-1-3-6-12/h17H,1-10H2,(H,18,19). The average Bonchev–Trinajstić information content (AvgIpc) is 2.27. The van der Waals surface area contributed by atoms with Crippen LogP contribution in [0.25, 0.3) is 0 Å². The van der Waals surface area contributed by atoms with Gasteiger partial charge in [0.25, 0.3) is 0 Å². The fourth-order valence-electron chi connectivity index (χ4n) is 2.81. The van der Waals surface area contributed by atoms with E-state index >= 15 is 0 Å². The van der Waals surface area contributed by atoms with Crippen molar-refractivity contribution in [3.05, 3.63) is 0 Å². The van der Waals surface area contributed by atoms with E-state index in [4.69, 9.17) is 5.11 Å². The van der Waals surface area contributed by atoms with Crippen molar-refractivity contribution in [2.75, 3.05) is 13.1 Å². The minimum absolute atomic E-state index is 0.0483. The third-order valence-corrected chi connectivity index (χ3v) is 3.75. The minimum Gasteiger partial charge on any atom is -0.481 e. The Labute approximate surface area is 111 Å². The zero-order valence-electron chi connectivity index (χ0n) is 11.1. The lowest BCUT2D eigenvalue weighted by atomic mass is 9.71. The Hall–Kier alpha value is -0.780. The minimum atomic E-state index is -4.11. The number of hydrogen-bond donors (Lipinski definition) is 2. The zero-order valence-corrected chi connectivity index (χ0v) is 11.1. The van der Waals surface area contributed by atoms with Crippen molar-refractivity contribution in [1.29, 1.82) is 0 Å². The maximum absolute atomic E-state index is 12.0. The molecule has 1 rings (SSSR count). The number of nitrogens with one attached hydrogen (secondary N) is 1. The Morgan fingerprint density at radius 3 is 2.37 bits per heavy atom. The summed E-state index contributed by atoms with van der Waals surface area (Å²) in [7, 11) is 0. The quantitative estimate of drug-likeness (QED) is 0.704. The van der Waals surface area contributed by atoms with Crippen molar-refractivity contribution < 1.29 is 23.1 Å².